The van der Waals surface area contributed by atoms with Crippen LogP contribution in [-0.2, 0) is 14.3 Å². The van der Waals surface area contributed by atoms with Crippen molar-refractivity contribution < 1.29 is 19.1 Å². The molecule has 110 valence electrons. The summed E-state index contributed by atoms with van der Waals surface area (Å²) in [4.78, 5) is 24.3. The van der Waals surface area contributed by atoms with Crippen molar-refractivity contribution in [2.24, 2.45) is 0 Å². The highest BCUT2D eigenvalue weighted by atomic mass is 16.5. The Morgan fingerprint density at radius 2 is 1.85 bits per heavy atom. The van der Waals surface area contributed by atoms with E-state index in [9.17, 15) is 9.59 Å². The fourth-order valence-corrected chi connectivity index (χ4v) is 1.33. The minimum absolute atomic E-state index is 0.00740. The summed E-state index contributed by atoms with van der Waals surface area (Å²) in [6, 6.07) is 6.85. The molecule has 1 aromatic rings. The maximum atomic E-state index is 11.5. The summed E-state index contributed by atoms with van der Waals surface area (Å²) in [5, 5.41) is 2.74. The smallest absolute Gasteiger partial charge is 0.259 e. The third-order valence-electron chi connectivity index (χ3n) is 2.53. The molecule has 0 aliphatic carbocycles. The lowest BCUT2D eigenvalue weighted by Crippen LogP contribution is -2.27. The predicted octanol–water partition coefficient (Wildman–Crippen LogP) is 1.13. The van der Waals surface area contributed by atoms with E-state index in [4.69, 9.17) is 9.47 Å². The monoisotopic (exact) mass is 280 g/mol. The summed E-state index contributed by atoms with van der Waals surface area (Å²) in [7, 11) is 4.89. The van der Waals surface area contributed by atoms with Crippen LogP contribution in [0.5, 0.6) is 5.75 Å². The number of anilines is 1. The molecule has 0 fully saturated rings. The van der Waals surface area contributed by atoms with Gasteiger partial charge in [0.2, 0.25) is 5.91 Å². The fourth-order valence-electron chi connectivity index (χ4n) is 1.33. The van der Waals surface area contributed by atoms with E-state index in [0.29, 0.717) is 24.5 Å². The van der Waals surface area contributed by atoms with Crippen LogP contribution in [0.2, 0.25) is 0 Å². The largest absolute Gasteiger partial charge is 0.484 e. The van der Waals surface area contributed by atoms with Gasteiger partial charge in [-0.15, -0.1) is 0 Å². The molecule has 0 aliphatic heterocycles. The minimum Gasteiger partial charge on any atom is -0.484 e. The van der Waals surface area contributed by atoms with Gasteiger partial charge < -0.3 is 19.7 Å². The number of likely N-dealkylation sites (N-methyl/N-ethyl adjacent to an activating group) is 1. The van der Waals surface area contributed by atoms with Crippen molar-refractivity contribution in [2.45, 2.75) is 6.42 Å². The van der Waals surface area contributed by atoms with Crippen LogP contribution in [0, 0.1) is 0 Å². The average Bonchev–Trinajstić information content (AvgIpc) is 2.43. The fraction of sp³-hybridized carbons (Fsp3) is 0.429. The van der Waals surface area contributed by atoms with E-state index < -0.39 is 0 Å². The van der Waals surface area contributed by atoms with Crippen molar-refractivity contribution >= 4 is 17.5 Å². The van der Waals surface area contributed by atoms with Crippen LogP contribution in [0.15, 0.2) is 24.3 Å². The zero-order valence-corrected chi connectivity index (χ0v) is 12.0. The Kier molecular flexibility index (Phi) is 6.52. The molecule has 0 bridgehead atoms. The molecule has 0 aromatic heterocycles. The van der Waals surface area contributed by atoms with Gasteiger partial charge in [-0.1, -0.05) is 0 Å². The molecule has 20 heavy (non-hydrogen) atoms. The Morgan fingerprint density at radius 3 is 2.40 bits per heavy atom. The number of carbonyl (C=O) groups is 2. The van der Waals surface area contributed by atoms with Crippen LogP contribution in [-0.4, -0.2) is 51.1 Å². The van der Waals surface area contributed by atoms with E-state index >= 15 is 0 Å². The maximum Gasteiger partial charge on any atom is 0.259 e. The molecule has 0 heterocycles. The summed E-state index contributed by atoms with van der Waals surface area (Å²) in [5.74, 6) is 0.361. The van der Waals surface area contributed by atoms with Gasteiger partial charge in [0, 0.05) is 26.9 Å². The van der Waals surface area contributed by atoms with Gasteiger partial charge in [0.1, 0.15) is 5.75 Å². The van der Waals surface area contributed by atoms with Crippen molar-refractivity contribution in [1.82, 2.24) is 4.90 Å². The lowest BCUT2D eigenvalue weighted by atomic mass is 10.3. The van der Waals surface area contributed by atoms with E-state index in [1.54, 1.807) is 45.5 Å². The number of carbonyl (C=O) groups excluding carboxylic acids is 2. The molecule has 0 aliphatic rings. The predicted molar refractivity (Wildman–Crippen MR) is 75.8 cm³/mol. The highest BCUT2D eigenvalue weighted by Crippen LogP contribution is 2.15. The third kappa shape index (κ3) is 5.71. The number of hydrogen-bond acceptors (Lipinski definition) is 4. The molecule has 0 atom stereocenters. The van der Waals surface area contributed by atoms with E-state index in [1.165, 1.54) is 4.90 Å². The van der Waals surface area contributed by atoms with Gasteiger partial charge in [-0.3, -0.25) is 9.59 Å². The van der Waals surface area contributed by atoms with Crippen LogP contribution in [0.25, 0.3) is 0 Å². The lowest BCUT2D eigenvalue weighted by molar-refractivity contribution is -0.130. The zero-order valence-electron chi connectivity index (χ0n) is 12.0. The van der Waals surface area contributed by atoms with E-state index in [2.05, 4.69) is 5.32 Å². The van der Waals surface area contributed by atoms with Crippen molar-refractivity contribution in [2.75, 3.05) is 39.7 Å². The highest BCUT2D eigenvalue weighted by molar-refractivity contribution is 5.90. The van der Waals surface area contributed by atoms with Crippen molar-refractivity contribution in [3.63, 3.8) is 0 Å². The Hall–Kier alpha value is -2.08. The molecule has 0 saturated carbocycles. The first kappa shape index (κ1) is 16.0. The molecule has 6 nitrogen and oxygen atoms in total. The van der Waals surface area contributed by atoms with Gasteiger partial charge in [-0.2, -0.15) is 0 Å². The highest BCUT2D eigenvalue weighted by Gasteiger charge is 2.05. The van der Waals surface area contributed by atoms with Crippen molar-refractivity contribution in [1.29, 1.82) is 0 Å². The van der Waals surface area contributed by atoms with Crippen LogP contribution in [0.1, 0.15) is 6.42 Å². The first-order valence-corrected chi connectivity index (χ1v) is 6.24. The Balaban J connectivity index is 2.44. The molecule has 0 unspecified atom stereocenters. The molecule has 1 rings (SSSR count). The lowest BCUT2D eigenvalue weighted by Gasteiger charge is -2.11. The molecule has 2 amide bonds. The SMILES string of the molecule is COCCC(=O)Nc1ccc(OCC(=O)N(C)C)cc1. The number of rotatable bonds is 7. The quantitative estimate of drug-likeness (QED) is 0.813. The molecular formula is C14H20N2O4. The minimum atomic E-state index is -0.109. The first-order valence-electron chi connectivity index (χ1n) is 6.24. The zero-order chi connectivity index (χ0) is 15.0. The molecule has 1 aromatic carbocycles. The molecule has 0 spiro atoms. The molecule has 1 N–H and O–H groups in total. The summed E-state index contributed by atoms with van der Waals surface area (Å²) in [5.41, 5.74) is 0.678. The van der Waals surface area contributed by atoms with Crippen molar-refractivity contribution in [3.05, 3.63) is 24.3 Å². The summed E-state index contributed by atoms with van der Waals surface area (Å²) in [6.07, 6.45) is 0.312. The number of nitrogens with one attached hydrogen (secondary N) is 1. The number of ether oxygens (including phenoxy) is 2. The molecule has 6 heteroatoms. The van der Waals surface area contributed by atoms with Gasteiger partial charge in [-0.05, 0) is 24.3 Å². The second-order valence-electron chi connectivity index (χ2n) is 4.39. The maximum absolute atomic E-state index is 11.5. The first-order chi connectivity index (χ1) is 9.52. The number of benzene rings is 1. The summed E-state index contributed by atoms with van der Waals surface area (Å²) < 4.78 is 10.2. The number of hydrogen-bond donors (Lipinski definition) is 1. The van der Waals surface area contributed by atoms with Crippen LogP contribution >= 0.6 is 0 Å². The molecule has 0 saturated heterocycles. The van der Waals surface area contributed by atoms with Gasteiger partial charge >= 0.3 is 0 Å². The van der Waals surface area contributed by atoms with Gasteiger partial charge in [0.15, 0.2) is 6.61 Å². The summed E-state index contributed by atoms with van der Waals surface area (Å²) >= 11 is 0. The molecular weight excluding hydrogens is 260 g/mol. The van der Waals surface area contributed by atoms with Crippen LogP contribution in [0.3, 0.4) is 0 Å². The Labute approximate surface area is 118 Å². The number of amides is 2. The Bertz CT molecular complexity index is 443. The van der Waals surface area contributed by atoms with Crippen molar-refractivity contribution in [3.8, 4) is 5.75 Å². The normalized spacial score (nSPS) is 9.95. The van der Waals surface area contributed by atoms with Gasteiger partial charge in [-0.25, -0.2) is 0 Å². The van der Waals surface area contributed by atoms with E-state index in [0.717, 1.165) is 0 Å². The van der Waals surface area contributed by atoms with Crippen LogP contribution < -0.4 is 10.1 Å². The average molecular weight is 280 g/mol. The van der Waals surface area contributed by atoms with Gasteiger partial charge in [0.05, 0.1) is 13.0 Å². The van der Waals surface area contributed by atoms with Crippen LogP contribution in [0.4, 0.5) is 5.69 Å². The second kappa shape index (κ2) is 8.16. The standard InChI is InChI=1S/C14H20N2O4/c1-16(2)14(18)10-20-12-6-4-11(5-7-12)15-13(17)8-9-19-3/h4-7H,8-10H2,1-3H3,(H,15,17). The summed E-state index contributed by atoms with van der Waals surface area (Å²) in [6.45, 7) is 0.381. The number of nitrogens with zero attached hydrogens (tertiary/aromatic N) is 1. The van der Waals surface area contributed by atoms with Gasteiger partial charge in [0.25, 0.3) is 5.91 Å². The van der Waals surface area contributed by atoms with E-state index in [1.807, 2.05) is 0 Å². The van der Waals surface area contributed by atoms with E-state index in [-0.39, 0.29) is 18.4 Å². The Morgan fingerprint density at radius 1 is 1.20 bits per heavy atom. The third-order valence-corrected chi connectivity index (χ3v) is 2.53. The number of methoxy groups -OCH3 is 1. The second-order valence-corrected chi connectivity index (χ2v) is 4.39. The topological polar surface area (TPSA) is 67.9 Å². The molecule has 0 radical (unpaired) electrons.